The van der Waals surface area contributed by atoms with E-state index in [1.54, 1.807) is 14.2 Å². The Bertz CT molecular complexity index is 132. The van der Waals surface area contributed by atoms with Gasteiger partial charge in [0.25, 0.3) is 0 Å². The van der Waals surface area contributed by atoms with Crippen molar-refractivity contribution in [1.82, 2.24) is 0 Å². The van der Waals surface area contributed by atoms with Gasteiger partial charge in [-0.3, -0.25) is 4.21 Å². The third-order valence-corrected chi connectivity index (χ3v) is 3.05. The van der Waals surface area contributed by atoms with E-state index in [0.29, 0.717) is 17.4 Å². The molecule has 74 valence electrons. The summed E-state index contributed by atoms with van der Waals surface area (Å²) in [5, 5.41) is 0. The second-order valence-corrected chi connectivity index (χ2v) is 4.61. The Hall–Kier alpha value is 0.0700. The fraction of sp³-hybridized carbons (Fsp3) is 1.00. The summed E-state index contributed by atoms with van der Waals surface area (Å²) in [4.78, 5) is 0. The topological polar surface area (TPSA) is 35.5 Å². The summed E-state index contributed by atoms with van der Waals surface area (Å²) < 4.78 is 21.2. The van der Waals surface area contributed by atoms with E-state index in [2.05, 4.69) is 0 Å². The molecule has 0 spiro atoms. The molecule has 3 nitrogen and oxygen atoms in total. The van der Waals surface area contributed by atoms with Gasteiger partial charge in [-0.2, -0.15) is 0 Å². The summed E-state index contributed by atoms with van der Waals surface area (Å²) in [6, 6.07) is 0. The fourth-order valence-electron chi connectivity index (χ4n) is 0.824. The maximum absolute atomic E-state index is 11.3. The maximum Gasteiger partial charge on any atom is 0.168 e. The van der Waals surface area contributed by atoms with Gasteiger partial charge < -0.3 is 9.47 Å². The zero-order chi connectivity index (χ0) is 9.56. The molecule has 4 heteroatoms. The highest BCUT2D eigenvalue weighted by molar-refractivity contribution is 7.85. The molecule has 0 aliphatic rings. The van der Waals surface area contributed by atoms with E-state index in [1.807, 2.05) is 13.8 Å². The molecule has 0 aromatic carbocycles. The highest BCUT2D eigenvalue weighted by Gasteiger charge is 2.11. The number of hydrogen-bond donors (Lipinski definition) is 0. The van der Waals surface area contributed by atoms with Gasteiger partial charge in [0.15, 0.2) is 6.29 Å². The number of ether oxygens (including phenoxy) is 2. The minimum Gasteiger partial charge on any atom is -0.355 e. The minimum absolute atomic E-state index is 0.329. The second-order valence-electron chi connectivity index (χ2n) is 3.07. The molecule has 0 aromatic rings. The van der Waals surface area contributed by atoms with Crippen LogP contribution in [0.2, 0.25) is 0 Å². The van der Waals surface area contributed by atoms with Crippen LogP contribution in [0.3, 0.4) is 0 Å². The summed E-state index contributed by atoms with van der Waals surface area (Å²) in [5.74, 6) is 1.63. The van der Waals surface area contributed by atoms with Crippen LogP contribution in [0.4, 0.5) is 0 Å². The SMILES string of the molecule is COC(CS(=O)CC(C)C)OC. The van der Waals surface area contributed by atoms with Crippen LogP contribution in [0.15, 0.2) is 0 Å². The van der Waals surface area contributed by atoms with Gasteiger partial charge in [-0.25, -0.2) is 0 Å². The van der Waals surface area contributed by atoms with Gasteiger partial charge >= 0.3 is 0 Å². The lowest BCUT2D eigenvalue weighted by Gasteiger charge is -2.13. The quantitative estimate of drug-likeness (QED) is 0.592. The molecule has 0 saturated carbocycles. The zero-order valence-corrected chi connectivity index (χ0v) is 9.02. The van der Waals surface area contributed by atoms with E-state index in [9.17, 15) is 4.21 Å². The van der Waals surface area contributed by atoms with Crippen molar-refractivity contribution in [2.45, 2.75) is 20.1 Å². The van der Waals surface area contributed by atoms with Crippen molar-refractivity contribution in [1.29, 1.82) is 0 Å². The smallest absolute Gasteiger partial charge is 0.168 e. The van der Waals surface area contributed by atoms with Gasteiger partial charge in [0.05, 0.1) is 5.75 Å². The lowest BCUT2D eigenvalue weighted by molar-refractivity contribution is -0.0847. The molecule has 0 aromatic heterocycles. The van der Waals surface area contributed by atoms with E-state index in [1.165, 1.54) is 0 Å². The molecule has 1 atom stereocenters. The van der Waals surface area contributed by atoms with Crippen LogP contribution in [0, 0.1) is 5.92 Å². The molecule has 0 saturated heterocycles. The summed E-state index contributed by atoms with van der Waals surface area (Å²) >= 11 is 0. The van der Waals surface area contributed by atoms with E-state index < -0.39 is 10.8 Å². The van der Waals surface area contributed by atoms with E-state index in [4.69, 9.17) is 9.47 Å². The number of methoxy groups -OCH3 is 2. The third kappa shape index (κ3) is 5.69. The van der Waals surface area contributed by atoms with Crippen molar-refractivity contribution >= 4 is 10.8 Å². The zero-order valence-electron chi connectivity index (χ0n) is 8.20. The predicted octanol–water partition coefficient (Wildman–Crippen LogP) is 1.01. The van der Waals surface area contributed by atoms with Crippen LogP contribution in [-0.2, 0) is 20.3 Å². The van der Waals surface area contributed by atoms with Gasteiger partial charge in [0, 0.05) is 30.8 Å². The van der Waals surface area contributed by atoms with Gasteiger partial charge in [0.1, 0.15) is 0 Å². The van der Waals surface area contributed by atoms with Crippen molar-refractivity contribution in [2.75, 3.05) is 25.7 Å². The largest absolute Gasteiger partial charge is 0.355 e. The number of rotatable bonds is 6. The van der Waals surface area contributed by atoms with Gasteiger partial charge in [0.2, 0.25) is 0 Å². The molecule has 0 rings (SSSR count). The van der Waals surface area contributed by atoms with Crippen molar-refractivity contribution < 1.29 is 13.7 Å². The fourth-order valence-corrected chi connectivity index (χ4v) is 2.28. The Morgan fingerprint density at radius 2 is 1.67 bits per heavy atom. The normalized spacial score (nSPS) is 14.2. The Balaban J connectivity index is 3.66. The van der Waals surface area contributed by atoms with Crippen molar-refractivity contribution in [3.8, 4) is 0 Å². The molecule has 0 radical (unpaired) electrons. The Morgan fingerprint density at radius 1 is 1.17 bits per heavy atom. The van der Waals surface area contributed by atoms with Gasteiger partial charge in [-0.1, -0.05) is 13.8 Å². The van der Waals surface area contributed by atoms with Crippen molar-refractivity contribution in [2.24, 2.45) is 5.92 Å². The third-order valence-electron chi connectivity index (χ3n) is 1.37. The monoisotopic (exact) mass is 194 g/mol. The summed E-state index contributed by atoms with van der Waals surface area (Å²) in [6.07, 6.45) is -0.329. The molecule has 0 bridgehead atoms. The standard InChI is InChI=1S/C8H18O3S/c1-7(2)5-12(9)6-8(10-3)11-4/h7-8H,5-6H2,1-4H3. The highest BCUT2D eigenvalue weighted by Crippen LogP contribution is 2.00. The van der Waals surface area contributed by atoms with Crippen LogP contribution in [0.5, 0.6) is 0 Å². The molecule has 12 heavy (non-hydrogen) atoms. The van der Waals surface area contributed by atoms with Crippen LogP contribution in [-0.4, -0.2) is 36.2 Å². The van der Waals surface area contributed by atoms with E-state index in [-0.39, 0.29) is 6.29 Å². The number of hydrogen-bond acceptors (Lipinski definition) is 3. The van der Waals surface area contributed by atoms with Crippen LogP contribution in [0.1, 0.15) is 13.8 Å². The second kappa shape index (κ2) is 6.57. The first-order valence-corrected chi connectivity index (χ1v) is 5.49. The molecule has 0 aliphatic carbocycles. The Labute approximate surface area is 76.9 Å². The predicted molar refractivity (Wildman–Crippen MR) is 50.5 cm³/mol. The van der Waals surface area contributed by atoms with Crippen LogP contribution >= 0.6 is 0 Å². The first-order chi connectivity index (χ1) is 5.60. The van der Waals surface area contributed by atoms with Crippen LogP contribution in [0.25, 0.3) is 0 Å². The summed E-state index contributed by atoms with van der Waals surface area (Å²) in [5.41, 5.74) is 0. The molecule has 0 fully saturated rings. The molecular formula is C8H18O3S. The Kier molecular flexibility index (Phi) is 6.61. The first kappa shape index (κ1) is 12.1. The maximum atomic E-state index is 11.3. The molecule has 0 amide bonds. The average Bonchev–Trinajstić information content (AvgIpc) is 1.98. The minimum atomic E-state index is -0.830. The van der Waals surface area contributed by atoms with E-state index >= 15 is 0 Å². The Morgan fingerprint density at radius 3 is 2.00 bits per heavy atom. The van der Waals surface area contributed by atoms with Crippen molar-refractivity contribution in [3.63, 3.8) is 0 Å². The summed E-state index contributed by atoms with van der Waals surface area (Å²) in [7, 11) is 2.28. The first-order valence-electron chi connectivity index (χ1n) is 4.00. The average molecular weight is 194 g/mol. The van der Waals surface area contributed by atoms with Crippen LogP contribution < -0.4 is 0 Å². The van der Waals surface area contributed by atoms with Gasteiger partial charge in [-0.05, 0) is 5.92 Å². The molecular weight excluding hydrogens is 176 g/mol. The molecule has 0 aliphatic heterocycles. The lowest BCUT2D eigenvalue weighted by Crippen LogP contribution is -2.23. The highest BCUT2D eigenvalue weighted by atomic mass is 32.2. The molecule has 1 unspecified atom stereocenters. The lowest BCUT2D eigenvalue weighted by atomic mass is 10.3. The molecule has 0 heterocycles. The van der Waals surface area contributed by atoms with Gasteiger partial charge in [-0.15, -0.1) is 0 Å². The summed E-state index contributed by atoms with van der Waals surface area (Å²) in [6.45, 7) is 4.10. The van der Waals surface area contributed by atoms with E-state index in [0.717, 1.165) is 0 Å². The van der Waals surface area contributed by atoms with Crippen molar-refractivity contribution in [3.05, 3.63) is 0 Å². The molecule has 0 N–H and O–H groups in total.